The third-order valence-electron chi connectivity index (χ3n) is 6.62. The van der Waals surface area contributed by atoms with Crippen molar-refractivity contribution in [3.8, 4) is 5.75 Å². The number of ether oxygens (including phenoxy) is 1. The Morgan fingerprint density at radius 2 is 1.88 bits per heavy atom. The van der Waals surface area contributed by atoms with Crippen LogP contribution in [0.4, 0.5) is 23.4 Å². The number of imidazole rings is 1. The second kappa shape index (κ2) is 10.9. The molecule has 0 saturated carbocycles. The van der Waals surface area contributed by atoms with Gasteiger partial charge in [-0.05, 0) is 51.5 Å². The molecule has 8 nitrogen and oxygen atoms in total. The van der Waals surface area contributed by atoms with Gasteiger partial charge in [-0.2, -0.15) is 13.2 Å². The molecule has 0 aliphatic carbocycles. The molecule has 2 atom stereocenters. The smallest absolute Gasteiger partial charge is 0.433 e. The molecule has 4 rings (SSSR count). The zero-order valence-corrected chi connectivity index (χ0v) is 25.9. The number of aromatic nitrogens is 4. The summed E-state index contributed by atoms with van der Waals surface area (Å²) in [5.74, 6) is -1.72. The summed E-state index contributed by atoms with van der Waals surface area (Å²) in [6.07, 6.45) is -0.903. The number of carbonyl (C=O) groups excluding carboxylic acids is 1. The molecular formula is C27H29ClF4N6O2Si. The fraction of sp³-hybridized carbons (Fsp3) is 0.333. The lowest BCUT2D eigenvalue weighted by molar-refractivity contribution is -0.141. The number of halogens is 5. The third-order valence-corrected chi connectivity index (χ3v) is 7.72. The molecule has 0 radical (unpaired) electrons. The highest BCUT2D eigenvalue weighted by molar-refractivity contribution is 6.31. The van der Waals surface area contributed by atoms with Gasteiger partial charge in [0, 0.05) is 45.5 Å². The molecule has 3 heterocycles. The first-order chi connectivity index (χ1) is 19.0. The molecule has 0 aliphatic heterocycles. The lowest BCUT2D eigenvalue weighted by Crippen LogP contribution is -2.44. The third kappa shape index (κ3) is 5.86. The van der Waals surface area contributed by atoms with E-state index in [4.69, 9.17) is 22.1 Å². The van der Waals surface area contributed by atoms with Crippen LogP contribution in [0.25, 0.3) is 5.52 Å². The predicted octanol–water partition coefficient (Wildman–Crippen LogP) is 4.73. The number of aryl methyl sites for hydroxylation is 1. The number of hydrogen-bond acceptors (Lipinski definition) is 6. The Hall–Kier alpha value is -3.71. The molecule has 3 aromatic heterocycles. The van der Waals surface area contributed by atoms with E-state index in [-0.39, 0.29) is 32.4 Å². The standard InChI is InChI=1S/C27H29ClF4N6O2Si/c1-12(2)40-22-16(13(3)24-36-14(4)21-23(33)35-8-9-38(21)24)11-17(28)20(29)19(22)25(39)37-26(5,41)15-6-7-34-18(10-15)27(30,31)32/h6-13H,1-5,41H3,(H2,33,35)(H,37,39)/t13-,26-/m0/s1. The first-order valence-electron chi connectivity index (χ1n) is 12.7. The zero-order valence-electron chi connectivity index (χ0n) is 23.2. The maximum atomic E-state index is 15.7. The lowest BCUT2D eigenvalue weighted by atomic mass is 9.95. The minimum absolute atomic E-state index is 0.0495. The second-order valence-electron chi connectivity index (χ2n) is 10.4. The van der Waals surface area contributed by atoms with Crippen LogP contribution in [0, 0.1) is 12.7 Å². The first-order valence-corrected chi connectivity index (χ1v) is 14.0. The van der Waals surface area contributed by atoms with Gasteiger partial charge in [0.2, 0.25) is 0 Å². The normalized spacial score (nSPS) is 14.3. The van der Waals surface area contributed by atoms with Crippen molar-refractivity contribution in [1.29, 1.82) is 0 Å². The van der Waals surface area contributed by atoms with E-state index in [9.17, 15) is 18.0 Å². The topological polar surface area (TPSA) is 107 Å². The van der Waals surface area contributed by atoms with Gasteiger partial charge in [0.25, 0.3) is 5.91 Å². The highest BCUT2D eigenvalue weighted by Gasteiger charge is 2.36. The molecular weight excluding hydrogens is 580 g/mol. The van der Waals surface area contributed by atoms with Crippen molar-refractivity contribution in [3.63, 3.8) is 0 Å². The zero-order chi connectivity index (χ0) is 30.4. The van der Waals surface area contributed by atoms with Gasteiger partial charge in [-0.1, -0.05) is 18.5 Å². The summed E-state index contributed by atoms with van der Waals surface area (Å²) in [5.41, 5.74) is 6.30. The summed E-state index contributed by atoms with van der Waals surface area (Å²) in [6, 6.07) is 3.63. The molecule has 1 aromatic carbocycles. The van der Waals surface area contributed by atoms with Gasteiger partial charge in [0.05, 0.1) is 16.8 Å². The van der Waals surface area contributed by atoms with Crippen molar-refractivity contribution in [1.82, 2.24) is 24.7 Å². The number of pyridine rings is 1. The first kappa shape index (κ1) is 30.3. The van der Waals surface area contributed by atoms with E-state index in [0.29, 0.717) is 22.6 Å². The number of nitrogens with one attached hydrogen (secondary N) is 1. The molecule has 14 heteroatoms. The fourth-order valence-electron chi connectivity index (χ4n) is 4.62. The average molecular weight is 609 g/mol. The number of rotatable bonds is 7. The molecule has 0 saturated heterocycles. The number of fused-ring (bicyclic) bond motifs is 1. The number of alkyl halides is 3. The SMILES string of the molecule is Cc1nc([C@@H](C)c2cc(Cl)c(F)c(C(=O)N[C@@](C)([SiH3])c3ccnc(C(F)(F)F)c3)c2OC(C)C)n2ccnc(N)c12. The summed E-state index contributed by atoms with van der Waals surface area (Å²) in [6.45, 7) is 8.57. The van der Waals surface area contributed by atoms with Gasteiger partial charge in [0.1, 0.15) is 34.2 Å². The number of anilines is 1. The van der Waals surface area contributed by atoms with Gasteiger partial charge >= 0.3 is 6.18 Å². The van der Waals surface area contributed by atoms with Gasteiger partial charge in [-0.3, -0.25) is 14.2 Å². The maximum absolute atomic E-state index is 15.7. The van der Waals surface area contributed by atoms with Crippen LogP contribution in [0.2, 0.25) is 5.02 Å². The molecule has 0 bridgehead atoms. The van der Waals surface area contributed by atoms with Gasteiger partial charge in [-0.25, -0.2) is 14.4 Å². The van der Waals surface area contributed by atoms with Gasteiger partial charge < -0.3 is 15.8 Å². The maximum Gasteiger partial charge on any atom is 0.433 e. The number of nitrogens with two attached hydrogens (primary N) is 1. The fourth-order valence-corrected chi connectivity index (χ4v) is 5.37. The van der Waals surface area contributed by atoms with Crippen molar-refractivity contribution in [2.75, 3.05) is 5.73 Å². The van der Waals surface area contributed by atoms with E-state index in [1.165, 1.54) is 18.3 Å². The average Bonchev–Trinajstić information content (AvgIpc) is 3.22. The Morgan fingerprint density at radius 1 is 1.20 bits per heavy atom. The summed E-state index contributed by atoms with van der Waals surface area (Å²) in [7, 11) is 0.174. The van der Waals surface area contributed by atoms with Crippen molar-refractivity contribution >= 4 is 39.1 Å². The minimum Gasteiger partial charge on any atom is -0.490 e. The molecule has 41 heavy (non-hydrogen) atoms. The highest BCUT2D eigenvalue weighted by Crippen LogP contribution is 2.40. The van der Waals surface area contributed by atoms with Crippen LogP contribution in [0.5, 0.6) is 5.75 Å². The number of hydrogen-bond donors (Lipinski definition) is 2. The van der Waals surface area contributed by atoms with Crippen LogP contribution in [0.15, 0.2) is 36.8 Å². The van der Waals surface area contributed by atoms with Crippen molar-refractivity contribution in [3.05, 3.63) is 81.5 Å². The molecule has 0 unspecified atom stereocenters. The Labute approximate surface area is 241 Å². The van der Waals surface area contributed by atoms with Gasteiger partial charge in [-0.15, -0.1) is 0 Å². The van der Waals surface area contributed by atoms with Crippen molar-refractivity contribution < 1.29 is 27.1 Å². The van der Waals surface area contributed by atoms with Crippen LogP contribution >= 0.6 is 11.6 Å². The van der Waals surface area contributed by atoms with E-state index < -0.39 is 46.3 Å². The summed E-state index contributed by atoms with van der Waals surface area (Å²) in [4.78, 5) is 25.9. The Bertz CT molecular complexity index is 1640. The molecule has 1 amide bonds. The van der Waals surface area contributed by atoms with Crippen LogP contribution in [-0.2, 0) is 11.3 Å². The van der Waals surface area contributed by atoms with Crippen LogP contribution in [0.3, 0.4) is 0 Å². The Balaban J connectivity index is 1.84. The molecule has 0 spiro atoms. The number of nitrogen functional groups attached to an aromatic ring is 1. The number of carbonyl (C=O) groups is 1. The Kier molecular flexibility index (Phi) is 8.07. The van der Waals surface area contributed by atoms with E-state index in [2.05, 4.69) is 20.3 Å². The Morgan fingerprint density at radius 3 is 2.51 bits per heavy atom. The summed E-state index contributed by atoms with van der Waals surface area (Å²) < 4.78 is 63.3. The van der Waals surface area contributed by atoms with E-state index in [1.54, 1.807) is 45.2 Å². The molecule has 218 valence electrons. The minimum atomic E-state index is -4.67. The largest absolute Gasteiger partial charge is 0.490 e. The molecule has 4 aromatic rings. The van der Waals surface area contributed by atoms with Crippen molar-refractivity contribution in [2.24, 2.45) is 0 Å². The number of amides is 1. The predicted molar refractivity (Wildman–Crippen MR) is 151 cm³/mol. The van der Waals surface area contributed by atoms with Crippen LogP contribution in [0.1, 0.15) is 72.3 Å². The second-order valence-corrected chi connectivity index (χ2v) is 12.9. The highest BCUT2D eigenvalue weighted by atomic mass is 35.5. The number of nitrogens with zero attached hydrogens (tertiary/aromatic N) is 4. The van der Waals surface area contributed by atoms with E-state index >= 15 is 4.39 Å². The van der Waals surface area contributed by atoms with Crippen molar-refractivity contribution in [2.45, 2.75) is 58.0 Å². The monoisotopic (exact) mass is 608 g/mol. The summed E-state index contributed by atoms with van der Waals surface area (Å²) >= 11 is 6.32. The van der Waals surface area contributed by atoms with E-state index in [0.717, 1.165) is 12.3 Å². The van der Waals surface area contributed by atoms with Crippen LogP contribution < -0.4 is 15.8 Å². The number of benzene rings is 1. The summed E-state index contributed by atoms with van der Waals surface area (Å²) in [5, 5.41) is 1.15. The molecule has 0 fully saturated rings. The van der Waals surface area contributed by atoms with E-state index in [1.807, 2.05) is 0 Å². The van der Waals surface area contributed by atoms with Gasteiger partial charge in [0.15, 0.2) is 5.82 Å². The van der Waals surface area contributed by atoms with Crippen LogP contribution in [-0.4, -0.2) is 41.6 Å². The molecule has 3 N–H and O–H groups in total. The quantitative estimate of drug-likeness (QED) is 0.232. The lowest BCUT2D eigenvalue weighted by Gasteiger charge is -2.29. The molecule has 0 aliphatic rings.